The number of carbonyl (C=O) groups excluding carboxylic acids is 1. The van der Waals surface area contributed by atoms with Crippen LogP contribution in [0.4, 0.5) is 11.6 Å². The molecule has 2 rings (SSSR count). The molecule has 0 amide bonds. The van der Waals surface area contributed by atoms with Gasteiger partial charge in [0.25, 0.3) is 0 Å². The number of esters is 1. The molecule has 1 heterocycles. The van der Waals surface area contributed by atoms with Crippen LogP contribution in [0.5, 0.6) is 0 Å². The fourth-order valence-corrected chi connectivity index (χ4v) is 1.43. The van der Waals surface area contributed by atoms with E-state index in [2.05, 4.69) is 20.2 Å². The van der Waals surface area contributed by atoms with Crippen molar-refractivity contribution in [1.82, 2.24) is 9.97 Å². The number of aromatic nitrogens is 2. The summed E-state index contributed by atoms with van der Waals surface area (Å²) in [7, 11) is 0. The third kappa shape index (κ3) is 3.48. The lowest BCUT2D eigenvalue weighted by Crippen LogP contribution is -2.03. The van der Waals surface area contributed by atoms with E-state index in [4.69, 9.17) is 4.74 Å². The van der Waals surface area contributed by atoms with Crippen LogP contribution in [0, 0.1) is 6.92 Å². The molecule has 98 valence electrons. The molecule has 0 aliphatic heterocycles. The minimum Gasteiger partial charge on any atom is -0.462 e. The molecule has 0 saturated heterocycles. The van der Waals surface area contributed by atoms with Crippen molar-refractivity contribution in [2.75, 3.05) is 6.61 Å². The van der Waals surface area contributed by atoms with Crippen molar-refractivity contribution in [1.29, 1.82) is 0 Å². The summed E-state index contributed by atoms with van der Waals surface area (Å²) >= 11 is 0. The van der Waals surface area contributed by atoms with E-state index >= 15 is 0 Å². The summed E-state index contributed by atoms with van der Waals surface area (Å²) in [6.07, 6.45) is 1.68. The molecule has 0 radical (unpaired) electrons. The van der Waals surface area contributed by atoms with Crippen molar-refractivity contribution in [2.45, 2.75) is 13.8 Å². The number of benzene rings is 1. The molecule has 0 aliphatic carbocycles. The number of H-pyrrole nitrogens is 1. The predicted molar refractivity (Wildman–Crippen MR) is 69.9 cm³/mol. The largest absolute Gasteiger partial charge is 0.462 e. The first-order valence-electron chi connectivity index (χ1n) is 5.89. The van der Waals surface area contributed by atoms with E-state index in [9.17, 15) is 4.79 Å². The van der Waals surface area contributed by atoms with Crippen molar-refractivity contribution >= 4 is 17.6 Å². The monoisotopic (exact) mass is 258 g/mol. The summed E-state index contributed by atoms with van der Waals surface area (Å²) in [6.45, 7) is 4.02. The molecular weight excluding hydrogens is 244 g/mol. The minimum absolute atomic E-state index is 0.340. The highest BCUT2D eigenvalue weighted by Crippen LogP contribution is 2.16. The maximum atomic E-state index is 11.4. The second kappa shape index (κ2) is 5.90. The van der Waals surface area contributed by atoms with Gasteiger partial charge in [0, 0.05) is 11.9 Å². The van der Waals surface area contributed by atoms with Gasteiger partial charge in [-0.05, 0) is 38.1 Å². The highest BCUT2D eigenvalue weighted by atomic mass is 16.5. The first-order chi connectivity index (χ1) is 9.19. The van der Waals surface area contributed by atoms with Crippen LogP contribution < -0.4 is 0 Å². The molecule has 1 aromatic carbocycles. The second-order valence-corrected chi connectivity index (χ2v) is 3.86. The van der Waals surface area contributed by atoms with Gasteiger partial charge < -0.3 is 9.72 Å². The van der Waals surface area contributed by atoms with Crippen LogP contribution in [-0.2, 0) is 4.74 Å². The van der Waals surface area contributed by atoms with E-state index in [-0.39, 0.29) is 5.97 Å². The summed E-state index contributed by atoms with van der Waals surface area (Å²) in [4.78, 5) is 18.4. The van der Waals surface area contributed by atoms with Gasteiger partial charge in [0.05, 0.1) is 17.9 Å². The van der Waals surface area contributed by atoms with Crippen LogP contribution in [0.15, 0.2) is 40.7 Å². The van der Waals surface area contributed by atoms with Crippen LogP contribution in [0.3, 0.4) is 0 Å². The molecule has 1 aromatic heterocycles. The number of hydrogen-bond acceptors (Lipinski definition) is 5. The number of aromatic amines is 1. The van der Waals surface area contributed by atoms with Crippen LogP contribution in [0.1, 0.15) is 23.0 Å². The van der Waals surface area contributed by atoms with Crippen LogP contribution in [0.2, 0.25) is 0 Å². The summed E-state index contributed by atoms with van der Waals surface area (Å²) in [5, 5.41) is 7.97. The molecule has 0 spiro atoms. The molecular formula is C13H14N4O2. The van der Waals surface area contributed by atoms with Crippen molar-refractivity contribution < 1.29 is 9.53 Å². The zero-order chi connectivity index (χ0) is 13.7. The Kier molecular flexibility index (Phi) is 4.02. The average Bonchev–Trinajstić information content (AvgIpc) is 2.83. The number of nitrogens with zero attached hydrogens (tertiary/aromatic N) is 3. The summed E-state index contributed by atoms with van der Waals surface area (Å²) in [6, 6.07) is 6.70. The van der Waals surface area contributed by atoms with E-state index in [1.165, 1.54) is 0 Å². The molecule has 1 N–H and O–H groups in total. The van der Waals surface area contributed by atoms with Gasteiger partial charge in [-0.3, -0.25) is 0 Å². The molecule has 6 nitrogen and oxygen atoms in total. The third-order valence-corrected chi connectivity index (χ3v) is 2.33. The topological polar surface area (TPSA) is 79.7 Å². The van der Waals surface area contributed by atoms with Gasteiger partial charge in [0.1, 0.15) is 0 Å². The van der Waals surface area contributed by atoms with Crippen molar-refractivity contribution in [3.05, 3.63) is 41.7 Å². The van der Waals surface area contributed by atoms with Gasteiger partial charge in [0.15, 0.2) is 0 Å². The molecule has 0 saturated carbocycles. The smallest absolute Gasteiger partial charge is 0.338 e. The summed E-state index contributed by atoms with van der Waals surface area (Å²) < 4.78 is 4.89. The Hall–Kier alpha value is -2.50. The number of imidazole rings is 1. The van der Waals surface area contributed by atoms with E-state index in [1.807, 2.05) is 6.92 Å². The van der Waals surface area contributed by atoms with E-state index < -0.39 is 0 Å². The molecule has 0 fully saturated rings. The number of hydrogen-bond donors (Lipinski definition) is 1. The first-order valence-corrected chi connectivity index (χ1v) is 5.89. The van der Waals surface area contributed by atoms with Crippen LogP contribution in [0.25, 0.3) is 0 Å². The molecule has 2 aromatic rings. The molecule has 6 heteroatoms. The van der Waals surface area contributed by atoms with Gasteiger partial charge in [-0.1, -0.05) is 0 Å². The van der Waals surface area contributed by atoms with E-state index in [1.54, 1.807) is 37.4 Å². The number of nitrogens with one attached hydrogen (secondary N) is 1. The van der Waals surface area contributed by atoms with Crippen molar-refractivity contribution in [2.24, 2.45) is 10.2 Å². The number of carbonyl (C=O) groups is 1. The Morgan fingerprint density at radius 3 is 2.63 bits per heavy atom. The highest BCUT2D eigenvalue weighted by molar-refractivity contribution is 5.89. The molecule has 19 heavy (non-hydrogen) atoms. The average molecular weight is 258 g/mol. The maximum absolute atomic E-state index is 11.4. The molecule has 0 atom stereocenters. The maximum Gasteiger partial charge on any atom is 0.338 e. The van der Waals surface area contributed by atoms with Gasteiger partial charge in [-0.2, -0.15) is 0 Å². The Morgan fingerprint density at radius 1 is 1.32 bits per heavy atom. The Labute approximate surface area is 110 Å². The quantitative estimate of drug-likeness (QED) is 0.674. The summed E-state index contributed by atoms with van der Waals surface area (Å²) in [5.41, 5.74) is 2.06. The third-order valence-electron chi connectivity index (χ3n) is 2.33. The number of aryl methyl sites for hydroxylation is 1. The number of ether oxygens (including phenoxy) is 1. The van der Waals surface area contributed by atoms with Gasteiger partial charge in [0.2, 0.25) is 5.95 Å². The minimum atomic E-state index is -0.340. The normalized spacial score (nSPS) is 10.8. The van der Waals surface area contributed by atoms with Gasteiger partial charge in [-0.25, -0.2) is 9.78 Å². The zero-order valence-electron chi connectivity index (χ0n) is 10.8. The fraction of sp³-hybridized carbons (Fsp3) is 0.231. The molecule has 0 unspecified atom stereocenters. The molecule has 0 aliphatic rings. The Balaban J connectivity index is 2.06. The lowest BCUT2D eigenvalue weighted by Gasteiger charge is -2.00. The lowest BCUT2D eigenvalue weighted by atomic mass is 10.2. The SMILES string of the molecule is CCOC(=O)c1ccc(N=Nc2ncc(C)[nH]2)cc1. The summed E-state index contributed by atoms with van der Waals surface area (Å²) in [5.74, 6) is 0.111. The Bertz CT molecular complexity index is 587. The predicted octanol–water partition coefficient (Wildman–Crippen LogP) is 3.31. The lowest BCUT2D eigenvalue weighted by molar-refractivity contribution is 0.0526. The highest BCUT2D eigenvalue weighted by Gasteiger charge is 2.05. The van der Waals surface area contributed by atoms with Gasteiger partial charge >= 0.3 is 5.97 Å². The fourth-order valence-electron chi connectivity index (χ4n) is 1.43. The standard InChI is InChI=1S/C13H14N4O2/c1-3-19-12(18)10-4-6-11(7-5-10)16-17-13-14-8-9(2)15-13/h4-8H,3H2,1-2H3,(H,14,15). The zero-order valence-corrected chi connectivity index (χ0v) is 10.8. The van der Waals surface area contributed by atoms with Crippen molar-refractivity contribution in [3.63, 3.8) is 0 Å². The van der Waals surface area contributed by atoms with Crippen molar-refractivity contribution in [3.8, 4) is 0 Å². The van der Waals surface area contributed by atoms with Crippen LogP contribution >= 0.6 is 0 Å². The van der Waals surface area contributed by atoms with E-state index in [0.29, 0.717) is 23.8 Å². The number of azo groups is 1. The Morgan fingerprint density at radius 2 is 2.05 bits per heavy atom. The van der Waals surface area contributed by atoms with Crippen LogP contribution in [-0.4, -0.2) is 22.5 Å². The first kappa shape index (κ1) is 12.9. The second-order valence-electron chi connectivity index (χ2n) is 3.86. The van der Waals surface area contributed by atoms with E-state index in [0.717, 1.165) is 5.69 Å². The number of rotatable bonds is 4. The van der Waals surface area contributed by atoms with Gasteiger partial charge in [-0.15, -0.1) is 10.2 Å². The molecule has 0 bridgehead atoms.